The van der Waals surface area contributed by atoms with E-state index in [2.05, 4.69) is 15.6 Å². The number of nitrogens with zero attached hydrogens (tertiary/aromatic N) is 3. The normalized spacial score (nSPS) is 10.6. The summed E-state index contributed by atoms with van der Waals surface area (Å²) in [6.07, 6.45) is 1.24. The summed E-state index contributed by atoms with van der Waals surface area (Å²) in [6, 6.07) is 16.5. The van der Waals surface area contributed by atoms with Gasteiger partial charge in [0.15, 0.2) is 5.78 Å². The molecule has 0 spiro atoms. The Balaban J connectivity index is 1.53. The maximum absolute atomic E-state index is 13.8. The molecule has 0 bridgehead atoms. The Kier molecular flexibility index (Phi) is 6.86. The fourth-order valence-corrected chi connectivity index (χ4v) is 3.51. The van der Waals surface area contributed by atoms with Crippen LogP contribution in [-0.2, 0) is 11.3 Å². The first-order valence-corrected chi connectivity index (χ1v) is 10.9. The first-order valence-electron chi connectivity index (χ1n) is 10.9. The van der Waals surface area contributed by atoms with Gasteiger partial charge in [0.1, 0.15) is 12.4 Å². The number of nitrogens with one attached hydrogen (secondary N) is 2. The number of Topliss-reactive ketones (excluding diaryl/α,β-unsaturated/α-hetero) is 1. The fraction of sp³-hybridized carbons (Fsp3) is 0.115. The van der Waals surface area contributed by atoms with Crippen LogP contribution in [0.15, 0.2) is 77.9 Å². The summed E-state index contributed by atoms with van der Waals surface area (Å²) < 4.78 is 14.9. The average Bonchev–Trinajstić information content (AvgIpc) is 2.87. The lowest BCUT2D eigenvalue weighted by Gasteiger charge is -2.19. The molecule has 4 aromatic rings. The van der Waals surface area contributed by atoms with Crippen molar-refractivity contribution in [3.05, 3.63) is 94.8 Å². The highest BCUT2D eigenvalue weighted by molar-refractivity contribution is 6.03. The number of carbonyl (C=O) groups is 3. The van der Waals surface area contributed by atoms with Crippen molar-refractivity contribution in [2.75, 3.05) is 22.6 Å². The summed E-state index contributed by atoms with van der Waals surface area (Å²) in [5.41, 5.74) is 1.23. The Morgan fingerprint density at radius 2 is 1.78 bits per heavy atom. The minimum Gasteiger partial charge on any atom is -0.322 e. The van der Waals surface area contributed by atoms with Crippen LogP contribution in [0.25, 0.3) is 10.9 Å². The van der Waals surface area contributed by atoms with Crippen LogP contribution in [0.4, 0.5) is 26.2 Å². The quantitative estimate of drug-likeness (QED) is 0.399. The summed E-state index contributed by atoms with van der Waals surface area (Å²) in [4.78, 5) is 55.3. The zero-order valence-electron chi connectivity index (χ0n) is 19.5. The molecule has 1 aromatic heterocycles. The summed E-state index contributed by atoms with van der Waals surface area (Å²) in [7, 11) is 1.55. The number of fused-ring (bicyclic) bond motifs is 1. The maximum atomic E-state index is 13.8. The van der Waals surface area contributed by atoms with Crippen molar-refractivity contribution >= 4 is 45.7 Å². The molecule has 0 unspecified atom stereocenters. The lowest BCUT2D eigenvalue weighted by atomic mass is 10.1. The molecular weight excluding hydrogens is 465 g/mol. The highest BCUT2D eigenvalue weighted by Crippen LogP contribution is 2.19. The molecule has 0 aliphatic heterocycles. The van der Waals surface area contributed by atoms with Crippen LogP contribution in [0.3, 0.4) is 0 Å². The number of para-hydroxylation sites is 1. The third-order valence-electron chi connectivity index (χ3n) is 5.48. The average molecular weight is 487 g/mol. The molecule has 3 aromatic carbocycles. The number of ketones is 1. The van der Waals surface area contributed by atoms with Gasteiger partial charge in [-0.15, -0.1) is 0 Å². The van der Waals surface area contributed by atoms with Gasteiger partial charge in [-0.05, 0) is 49.4 Å². The van der Waals surface area contributed by atoms with Crippen LogP contribution in [-0.4, -0.2) is 34.3 Å². The number of carbonyl (C=O) groups excluding carboxylic acids is 3. The predicted octanol–water partition coefficient (Wildman–Crippen LogP) is 4.05. The van der Waals surface area contributed by atoms with Crippen molar-refractivity contribution in [2.24, 2.45) is 0 Å². The van der Waals surface area contributed by atoms with E-state index < -0.39 is 23.3 Å². The molecule has 0 saturated carbocycles. The Morgan fingerprint density at radius 1 is 1.00 bits per heavy atom. The van der Waals surface area contributed by atoms with Crippen LogP contribution < -0.4 is 21.1 Å². The smallest absolute Gasteiger partial charge is 0.322 e. The number of hydrogen-bond donors (Lipinski definition) is 2. The van der Waals surface area contributed by atoms with E-state index in [-0.39, 0.29) is 23.4 Å². The van der Waals surface area contributed by atoms with Crippen LogP contribution in [0.2, 0.25) is 0 Å². The van der Waals surface area contributed by atoms with Crippen molar-refractivity contribution in [1.29, 1.82) is 0 Å². The van der Waals surface area contributed by atoms with Crippen LogP contribution in [0, 0.1) is 5.82 Å². The zero-order chi connectivity index (χ0) is 25.8. The molecule has 1 heterocycles. The van der Waals surface area contributed by atoms with Crippen molar-refractivity contribution in [2.45, 2.75) is 13.5 Å². The molecule has 182 valence electrons. The van der Waals surface area contributed by atoms with Gasteiger partial charge in [0.2, 0.25) is 5.91 Å². The molecule has 0 radical (unpaired) electrons. The van der Waals surface area contributed by atoms with E-state index in [1.165, 1.54) is 42.4 Å². The number of aromatic nitrogens is 2. The molecule has 10 heteroatoms. The highest BCUT2D eigenvalue weighted by atomic mass is 19.1. The molecule has 9 nitrogen and oxygen atoms in total. The summed E-state index contributed by atoms with van der Waals surface area (Å²) in [5.74, 6) is -1.30. The molecule has 4 rings (SSSR count). The van der Waals surface area contributed by atoms with Gasteiger partial charge in [0.05, 0.1) is 22.9 Å². The highest BCUT2D eigenvalue weighted by Gasteiger charge is 2.15. The van der Waals surface area contributed by atoms with Crippen LogP contribution >= 0.6 is 0 Å². The van der Waals surface area contributed by atoms with E-state index in [4.69, 9.17) is 0 Å². The Hall–Kier alpha value is -4.86. The third kappa shape index (κ3) is 5.27. The lowest BCUT2D eigenvalue weighted by molar-refractivity contribution is -0.116. The van der Waals surface area contributed by atoms with E-state index in [9.17, 15) is 23.6 Å². The number of halogens is 1. The maximum Gasteiger partial charge on any atom is 0.326 e. The van der Waals surface area contributed by atoms with Gasteiger partial charge in [-0.25, -0.2) is 14.2 Å². The monoisotopic (exact) mass is 487 g/mol. The van der Waals surface area contributed by atoms with E-state index in [0.29, 0.717) is 22.5 Å². The number of hydrogen-bond acceptors (Lipinski definition) is 5. The fourth-order valence-electron chi connectivity index (χ4n) is 3.51. The number of rotatable bonds is 6. The van der Waals surface area contributed by atoms with Gasteiger partial charge < -0.3 is 10.6 Å². The molecule has 0 aliphatic rings. The zero-order valence-corrected chi connectivity index (χ0v) is 19.5. The SMILES string of the molecule is CC(=O)c1cccc(N(C)C(=O)Nc2ccc3ncn(CC(=O)Nc4ccccc4F)c(=O)c3c2)c1. The summed E-state index contributed by atoms with van der Waals surface area (Å²) in [6.45, 7) is 1.07. The second kappa shape index (κ2) is 10.2. The topological polar surface area (TPSA) is 113 Å². The largest absolute Gasteiger partial charge is 0.326 e. The Bertz CT molecular complexity index is 1550. The number of amides is 3. The van der Waals surface area contributed by atoms with E-state index >= 15 is 0 Å². The third-order valence-corrected chi connectivity index (χ3v) is 5.48. The molecule has 0 aliphatic carbocycles. The van der Waals surface area contributed by atoms with Gasteiger partial charge >= 0.3 is 6.03 Å². The first-order chi connectivity index (χ1) is 17.2. The minimum atomic E-state index is -0.595. The van der Waals surface area contributed by atoms with Gasteiger partial charge in [-0.1, -0.05) is 24.3 Å². The summed E-state index contributed by atoms with van der Waals surface area (Å²) >= 11 is 0. The Labute approximate surface area is 205 Å². The van der Waals surface area contributed by atoms with Gasteiger partial charge in [0, 0.05) is 24.0 Å². The van der Waals surface area contributed by atoms with Crippen molar-refractivity contribution in [1.82, 2.24) is 9.55 Å². The molecular formula is C26H22FN5O4. The van der Waals surface area contributed by atoms with E-state index in [1.807, 2.05) is 0 Å². The molecule has 3 amide bonds. The Morgan fingerprint density at radius 3 is 2.53 bits per heavy atom. The lowest BCUT2D eigenvalue weighted by Crippen LogP contribution is -2.31. The van der Waals surface area contributed by atoms with E-state index in [1.54, 1.807) is 49.5 Å². The predicted molar refractivity (Wildman–Crippen MR) is 135 cm³/mol. The summed E-state index contributed by atoms with van der Waals surface area (Å²) in [5, 5.41) is 5.33. The molecule has 0 fully saturated rings. The van der Waals surface area contributed by atoms with Crippen LogP contribution in [0.5, 0.6) is 0 Å². The first kappa shape index (κ1) is 24.3. The molecule has 0 saturated heterocycles. The van der Waals surface area contributed by atoms with E-state index in [0.717, 1.165) is 4.57 Å². The van der Waals surface area contributed by atoms with Crippen molar-refractivity contribution in [3.63, 3.8) is 0 Å². The molecule has 36 heavy (non-hydrogen) atoms. The second-order valence-corrected chi connectivity index (χ2v) is 8.03. The number of anilines is 3. The van der Waals surface area contributed by atoms with Gasteiger partial charge in [-0.3, -0.25) is 23.9 Å². The van der Waals surface area contributed by atoms with Gasteiger partial charge in [0.25, 0.3) is 5.56 Å². The van der Waals surface area contributed by atoms with Crippen LogP contribution in [0.1, 0.15) is 17.3 Å². The van der Waals surface area contributed by atoms with Crippen molar-refractivity contribution in [3.8, 4) is 0 Å². The standard InChI is InChI=1S/C26H22FN5O4/c1-16(33)17-6-5-7-19(12-17)31(2)26(36)29-18-10-11-22-20(13-18)25(35)32(15-28-22)14-24(34)30-23-9-4-3-8-21(23)27/h3-13,15H,14H2,1-2H3,(H,29,36)(H,30,34). The number of urea groups is 1. The molecule has 2 N–H and O–H groups in total. The minimum absolute atomic E-state index is 0.00672. The second-order valence-electron chi connectivity index (χ2n) is 8.03. The molecule has 0 atom stereocenters. The van der Waals surface area contributed by atoms with Gasteiger partial charge in [-0.2, -0.15) is 0 Å². The number of benzene rings is 3. The van der Waals surface area contributed by atoms with Crippen molar-refractivity contribution < 1.29 is 18.8 Å².